The van der Waals surface area contributed by atoms with Gasteiger partial charge in [0.15, 0.2) is 4.90 Å². The molecule has 5 nitrogen and oxygen atoms in total. The molecule has 0 saturated carbocycles. The molecule has 2 rings (SSSR count). The van der Waals surface area contributed by atoms with E-state index in [0.717, 1.165) is 10.5 Å². The number of aryl methyl sites for hydroxylation is 1. The predicted molar refractivity (Wildman–Crippen MR) is 100 cm³/mol. The first-order chi connectivity index (χ1) is 12.0. The second kappa shape index (κ2) is 9.03. The lowest BCUT2D eigenvalue weighted by molar-refractivity contribution is -0.384. The molecule has 0 spiro atoms. The first-order valence-corrected chi connectivity index (χ1v) is 9.21. The summed E-state index contributed by atoms with van der Waals surface area (Å²) in [7, 11) is 1.14. The van der Waals surface area contributed by atoms with Crippen molar-refractivity contribution in [3.8, 4) is 0 Å². The van der Waals surface area contributed by atoms with Crippen LogP contribution < -0.4 is 0 Å². The van der Waals surface area contributed by atoms with E-state index < -0.39 is 4.92 Å². The number of non-ortho nitro benzene ring substituents is 1. The van der Waals surface area contributed by atoms with Gasteiger partial charge in [0, 0.05) is 12.1 Å². The molecule has 0 amide bonds. The van der Waals surface area contributed by atoms with Gasteiger partial charge in [-0.3, -0.25) is 14.9 Å². The van der Waals surface area contributed by atoms with Crippen molar-refractivity contribution in [2.45, 2.75) is 18.2 Å². The van der Waals surface area contributed by atoms with E-state index >= 15 is 0 Å². The minimum absolute atomic E-state index is 0.0698. The number of hydrogen-bond donors (Lipinski definition) is 0. The van der Waals surface area contributed by atoms with Crippen LogP contribution in [0.2, 0.25) is 0 Å². The number of esters is 1. The summed E-state index contributed by atoms with van der Waals surface area (Å²) < 4.78 is 4.73. The van der Waals surface area contributed by atoms with Crippen molar-refractivity contribution in [1.82, 2.24) is 0 Å². The van der Waals surface area contributed by atoms with E-state index in [9.17, 15) is 14.9 Å². The number of ether oxygens (including phenoxy) is 1. The van der Waals surface area contributed by atoms with Gasteiger partial charge in [0.1, 0.15) is 11.2 Å². The van der Waals surface area contributed by atoms with Crippen LogP contribution in [0.3, 0.4) is 0 Å². The second-order valence-corrected chi connectivity index (χ2v) is 7.43. The van der Waals surface area contributed by atoms with Crippen molar-refractivity contribution >= 4 is 28.6 Å². The molecule has 130 valence electrons. The molecular formula is C19H20NO4S+. The number of nitro benzene ring substituents is 1. The third-order valence-corrected chi connectivity index (χ3v) is 5.59. The molecule has 0 aliphatic rings. The van der Waals surface area contributed by atoms with Crippen LogP contribution in [0, 0.1) is 17.0 Å². The van der Waals surface area contributed by atoms with Gasteiger partial charge in [-0.05, 0) is 42.8 Å². The largest absolute Gasteiger partial charge is 0.469 e. The first-order valence-electron chi connectivity index (χ1n) is 7.75. The van der Waals surface area contributed by atoms with Crippen molar-refractivity contribution < 1.29 is 14.5 Å². The van der Waals surface area contributed by atoms with Crippen molar-refractivity contribution in [2.24, 2.45) is 0 Å². The molecule has 25 heavy (non-hydrogen) atoms. The summed E-state index contributed by atoms with van der Waals surface area (Å²) >= 11 is 0. The van der Waals surface area contributed by atoms with Crippen LogP contribution in [-0.4, -0.2) is 23.8 Å². The van der Waals surface area contributed by atoms with Crippen molar-refractivity contribution in [3.63, 3.8) is 0 Å². The topological polar surface area (TPSA) is 69.4 Å². The maximum absolute atomic E-state index is 11.5. The Bertz CT molecular complexity index is 754. The van der Waals surface area contributed by atoms with Crippen LogP contribution in [-0.2, 0) is 20.4 Å². The van der Waals surface area contributed by atoms with E-state index in [0.29, 0.717) is 12.2 Å². The lowest BCUT2D eigenvalue weighted by atomic mass is 10.2. The monoisotopic (exact) mass is 358 g/mol. The molecule has 0 aliphatic carbocycles. The summed E-state index contributed by atoms with van der Waals surface area (Å²) in [5, 5.41) is 12.8. The van der Waals surface area contributed by atoms with Crippen molar-refractivity contribution in [3.05, 3.63) is 75.2 Å². The van der Waals surface area contributed by atoms with E-state index in [1.165, 1.54) is 24.8 Å². The summed E-state index contributed by atoms with van der Waals surface area (Å²) in [5.41, 5.74) is 2.13. The normalized spacial score (nSPS) is 12.1. The number of carbonyl (C=O) groups is 1. The first kappa shape index (κ1) is 18.7. The summed E-state index contributed by atoms with van der Waals surface area (Å²) in [5.74, 6) is 0.438. The van der Waals surface area contributed by atoms with Crippen LogP contribution in [0.1, 0.15) is 17.5 Å². The fourth-order valence-corrected chi connectivity index (χ4v) is 3.86. The predicted octanol–water partition coefficient (Wildman–Crippen LogP) is 4.11. The average molecular weight is 358 g/mol. The van der Waals surface area contributed by atoms with E-state index in [1.807, 2.05) is 25.1 Å². The van der Waals surface area contributed by atoms with E-state index in [1.54, 1.807) is 12.1 Å². The smallest absolute Gasteiger partial charge is 0.310 e. The molecule has 1 unspecified atom stereocenters. The third-order valence-electron chi connectivity index (χ3n) is 3.61. The van der Waals surface area contributed by atoms with Gasteiger partial charge in [0.05, 0.1) is 29.3 Å². The van der Waals surface area contributed by atoms with Gasteiger partial charge in [-0.25, -0.2) is 0 Å². The average Bonchev–Trinajstić information content (AvgIpc) is 2.62. The molecule has 6 heteroatoms. The zero-order chi connectivity index (χ0) is 18.2. The molecule has 0 aromatic heterocycles. The van der Waals surface area contributed by atoms with Crippen molar-refractivity contribution in [1.29, 1.82) is 0 Å². The second-order valence-electron chi connectivity index (χ2n) is 5.42. The molecule has 0 fully saturated rings. The van der Waals surface area contributed by atoms with Crippen LogP contribution in [0.15, 0.2) is 58.8 Å². The number of methoxy groups -OCH3 is 1. The SMILES string of the molecule is COC(=O)CC[S+](/C=C/c1ccc([N+](=O)[O-])cc1)c1ccc(C)cc1. The third kappa shape index (κ3) is 5.76. The highest BCUT2D eigenvalue weighted by atomic mass is 32.2. The van der Waals surface area contributed by atoms with Crippen LogP contribution in [0.5, 0.6) is 0 Å². The van der Waals surface area contributed by atoms with Gasteiger partial charge >= 0.3 is 5.97 Å². The van der Waals surface area contributed by atoms with E-state index in [4.69, 9.17) is 4.74 Å². The summed E-state index contributed by atoms with van der Waals surface area (Å²) in [4.78, 5) is 22.9. The Labute approximate surface area is 149 Å². The Kier molecular flexibility index (Phi) is 6.77. The minimum Gasteiger partial charge on any atom is -0.469 e. The van der Waals surface area contributed by atoms with Crippen LogP contribution >= 0.6 is 0 Å². The fraction of sp³-hybridized carbons (Fsp3) is 0.211. The molecule has 0 radical (unpaired) electrons. The molecule has 2 aromatic carbocycles. The van der Waals surface area contributed by atoms with Gasteiger partial charge in [0.2, 0.25) is 0 Å². The number of nitro groups is 1. The summed E-state index contributed by atoms with van der Waals surface area (Å²) in [6.07, 6.45) is 2.28. The highest BCUT2D eigenvalue weighted by molar-refractivity contribution is 7.99. The summed E-state index contributed by atoms with van der Waals surface area (Å²) in [6, 6.07) is 14.6. The molecule has 0 heterocycles. The Balaban J connectivity index is 2.17. The zero-order valence-corrected chi connectivity index (χ0v) is 15.0. The molecule has 0 aliphatic heterocycles. The van der Waals surface area contributed by atoms with Gasteiger partial charge in [0.25, 0.3) is 5.69 Å². The molecule has 2 aromatic rings. The van der Waals surface area contributed by atoms with Gasteiger partial charge in [-0.1, -0.05) is 17.7 Å². The number of carbonyl (C=O) groups excluding carboxylic acids is 1. The molecule has 0 saturated heterocycles. The molecule has 1 atom stereocenters. The lowest BCUT2D eigenvalue weighted by Gasteiger charge is -2.04. The highest BCUT2D eigenvalue weighted by Gasteiger charge is 2.20. The maximum atomic E-state index is 11.5. The molecule has 0 bridgehead atoms. The summed E-state index contributed by atoms with van der Waals surface area (Å²) in [6.45, 7) is 2.03. The minimum atomic E-state index is -0.416. The molecule has 0 N–H and O–H groups in total. The van der Waals surface area contributed by atoms with Crippen LogP contribution in [0.4, 0.5) is 5.69 Å². The van der Waals surface area contributed by atoms with Gasteiger partial charge in [-0.2, -0.15) is 0 Å². The van der Waals surface area contributed by atoms with E-state index in [-0.39, 0.29) is 22.6 Å². The Morgan fingerprint density at radius 2 is 1.80 bits per heavy atom. The Hall–Kier alpha value is -2.60. The Morgan fingerprint density at radius 3 is 2.36 bits per heavy atom. The Morgan fingerprint density at radius 1 is 1.16 bits per heavy atom. The quantitative estimate of drug-likeness (QED) is 0.323. The number of nitrogens with zero attached hydrogens (tertiary/aromatic N) is 1. The van der Waals surface area contributed by atoms with Crippen LogP contribution in [0.25, 0.3) is 6.08 Å². The van der Waals surface area contributed by atoms with Gasteiger partial charge in [-0.15, -0.1) is 0 Å². The maximum Gasteiger partial charge on any atom is 0.310 e. The van der Waals surface area contributed by atoms with Crippen molar-refractivity contribution in [2.75, 3.05) is 12.9 Å². The van der Waals surface area contributed by atoms with Gasteiger partial charge < -0.3 is 4.74 Å². The number of hydrogen-bond acceptors (Lipinski definition) is 4. The standard InChI is InChI=1S/C19H20NO4S/c1-15-3-9-18(10-4-15)25(14-12-19(21)24-2)13-11-16-5-7-17(8-6-16)20(22)23/h3-11,13H,12,14H2,1-2H3/q+1/b13-11+. The van der Waals surface area contributed by atoms with E-state index in [2.05, 4.69) is 17.5 Å². The highest BCUT2D eigenvalue weighted by Crippen LogP contribution is 2.20. The zero-order valence-electron chi connectivity index (χ0n) is 14.2. The fourth-order valence-electron chi connectivity index (χ4n) is 2.14. The molecular weight excluding hydrogens is 338 g/mol. The lowest BCUT2D eigenvalue weighted by Crippen LogP contribution is -2.11. The number of benzene rings is 2. The number of rotatable bonds is 7.